The number of hydrogen-bond donors (Lipinski definition) is 2. The lowest BCUT2D eigenvalue weighted by Gasteiger charge is -2.34. The monoisotopic (exact) mass is 444 g/mol. The summed E-state index contributed by atoms with van der Waals surface area (Å²) < 4.78 is 22.4. The number of nitrogens with one attached hydrogen (secondary N) is 1. The number of amides is 2. The summed E-state index contributed by atoms with van der Waals surface area (Å²) in [5.41, 5.74) is 7.23. The van der Waals surface area contributed by atoms with E-state index in [1.54, 1.807) is 14.2 Å². The van der Waals surface area contributed by atoms with Crippen molar-refractivity contribution < 1.29 is 23.7 Å². The van der Waals surface area contributed by atoms with Crippen LogP contribution in [0.25, 0.3) is 0 Å². The molecule has 0 fully saturated rings. The molecule has 1 atom stereocenters. The van der Waals surface area contributed by atoms with E-state index in [0.717, 1.165) is 17.5 Å². The molecule has 2 aromatic rings. The maximum atomic E-state index is 11.7. The minimum absolute atomic E-state index is 0.231. The summed E-state index contributed by atoms with van der Waals surface area (Å²) in [7, 11) is 3.28. The molecular formula is C25H36N2O5. The average molecular weight is 445 g/mol. The van der Waals surface area contributed by atoms with Crippen LogP contribution >= 0.6 is 0 Å². The SMILES string of the molecule is COCCCOc1cc(CC(NC(N)=O)C(C)(C)COCc2ccccc2)ccc1OC. The van der Waals surface area contributed by atoms with E-state index in [1.165, 1.54) is 0 Å². The van der Waals surface area contributed by atoms with Gasteiger partial charge in [-0.1, -0.05) is 50.2 Å². The number of primary amides is 1. The van der Waals surface area contributed by atoms with Gasteiger partial charge in [-0.3, -0.25) is 0 Å². The molecule has 0 spiro atoms. The molecule has 0 bridgehead atoms. The summed E-state index contributed by atoms with van der Waals surface area (Å²) in [5, 5.41) is 2.90. The second kappa shape index (κ2) is 12.9. The fourth-order valence-electron chi connectivity index (χ4n) is 3.38. The molecule has 0 aliphatic rings. The second-order valence-corrected chi connectivity index (χ2v) is 8.41. The summed E-state index contributed by atoms with van der Waals surface area (Å²) >= 11 is 0. The van der Waals surface area contributed by atoms with E-state index in [1.807, 2.05) is 48.5 Å². The third kappa shape index (κ3) is 8.40. The molecule has 7 heteroatoms. The first-order valence-corrected chi connectivity index (χ1v) is 10.8. The van der Waals surface area contributed by atoms with Gasteiger partial charge in [-0.05, 0) is 29.7 Å². The van der Waals surface area contributed by atoms with Gasteiger partial charge < -0.3 is 30.0 Å². The zero-order valence-electron chi connectivity index (χ0n) is 19.6. The van der Waals surface area contributed by atoms with E-state index < -0.39 is 6.03 Å². The van der Waals surface area contributed by atoms with Gasteiger partial charge in [0.25, 0.3) is 0 Å². The van der Waals surface area contributed by atoms with E-state index in [4.69, 9.17) is 24.7 Å². The highest BCUT2D eigenvalue weighted by Crippen LogP contribution is 2.31. The Morgan fingerprint density at radius 1 is 1.03 bits per heavy atom. The fraction of sp³-hybridized carbons (Fsp3) is 0.480. The molecule has 0 radical (unpaired) electrons. The van der Waals surface area contributed by atoms with Gasteiger partial charge in [0.15, 0.2) is 11.5 Å². The number of carbonyl (C=O) groups excluding carboxylic acids is 1. The number of carbonyl (C=O) groups is 1. The average Bonchev–Trinajstić information content (AvgIpc) is 2.77. The molecule has 2 amide bonds. The van der Waals surface area contributed by atoms with E-state index >= 15 is 0 Å². The van der Waals surface area contributed by atoms with Crippen LogP contribution in [0.5, 0.6) is 11.5 Å². The standard InChI is InChI=1S/C25H36N2O5/c1-25(2,18-31-17-19-9-6-5-7-10-19)23(27-24(26)28)16-20-11-12-21(30-4)22(15-20)32-14-8-13-29-3/h5-7,9-12,15,23H,8,13-14,16-18H2,1-4H3,(H3,26,27,28). The van der Waals surface area contributed by atoms with Crippen molar-refractivity contribution >= 4 is 6.03 Å². The Morgan fingerprint density at radius 3 is 2.44 bits per heavy atom. The molecule has 32 heavy (non-hydrogen) atoms. The van der Waals surface area contributed by atoms with Gasteiger partial charge >= 0.3 is 6.03 Å². The van der Waals surface area contributed by atoms with Crippen molar-refractivity contribution in [3.63, 3.8) is 0 Å². The Bertz CT molecular complexity index is 826. The van der Waals surface area contributed by atoms with Gasteiger partial charge in [-0.2, -0.15) is 0 Å². The quantitative estimate of drug-likeness (QED) is 0.431. The minimum Gasteiger partial charge on any atom is -0.493 e. The van der Waals surface area contributed by atoms with E-state index in [9.17, 15) is 4.79 Å². The lowest BCUT2D eigenvalue weighted by Crippen LogP contribution is -2.50. The summed E-state index contributed by atoms with van der Waals surface area (Å²) in [6.07, 6.45) is 1.35. The third-order valence-electron chi connectivity index (χ3n) is 5.26. The van der Waals surface area contributed by atoms with Crippen molar-refractivity contribution in [2.75, 3.05) is 34.0 Å². The van der Waals surface area contributed by atoms with Crippen LogP contribution in [0.3, 0.4) is 0 Å². The molecule has 2 aromatic carbocycles. The molecule has 7 nitrogen and oxygen atoms in total. The number of methoxy groups -OCH3 is 2. The van der Waals surface area contributed by atoms with Crippen LogP contribution in [0.4, 0.5) is 4.79 Å². The summed E-state index contributed by atoms with van der Waals surface area (Å²) in [4.78, 5) is 11.7. The molecular weight excluding hydrogens is 408 g/mol. The largest absolute Gasteiger partial charge is 0.493 e. The van der Waals surface area contributed by atoms with Crippen LogP contribution in [0.15, 0.2) is 48.5 Å². The first-order valence-electron chi connectivity index (χ1n) is 10.8. The van der Waals surface area contributed by atoms with Crippen LogP contribution in [0.1, 0.15) is 31.4 Å². The summed E-state index contributed by atoms with van der Waals surface area (Å²) in [6, 6.07) is 15.0. The molecule has 0 heterocycles. The first kappa shape index (κ1) is 25.5. The molecule has 3 N–H and O–H groups in total. The van der Waals surface area contributed by atoms with Gasteiger partial charge in [0.1, 0.15) is 0 Å². The Labute approximate surface area is 191 Å². The number of urea groups is 1. The highest BCUT2D eigenvalue weighted by Gasteiger charge is 2.31. The van der Waals surface area contributed by atoms with E-state index in [0.29, 0.717) is 44.3 Å². The highest BCUT2D eigenvalue weighted by atomic mass is 16.5. The zero-order valence-corrected chi connectivity index (χ0v) is 19.6. The lowest BCUT2D eigenvalue weighted by molar-refractivity contribution is 0.0332. The molecule has 2 rings (SSSR count). The zero-order chi connectivity index (χ0) is 23.4. The maximum absolute atomic E-state index is 11.7. The van der Waals surface area contributed by atoms with Crippen LogP contribution in [-0.2, 0) is 22.5 Å². The number of hydrogen-bond acceptors (Lipinski definition) is 5. The molecule has 1 unspecified atom stereocenters. The van der Waals surface area contributed by atoms with Crippen molar-refractivity contribution in [3.8, 4) is 11.5 Å². The fourth-order valence-corrected chi connectivity index (χ4v) is 3.38. The molecule has 176 valence electrons. The Balaban J connectivity index is 2.08. The predicted molar refractivity (Wildman–Crippen MR) is 125 cm³/mol. The smallest absolute Gasteiger partial charge is 0.312 e. The predicted octanol–water partition coefficient (Wildman–Crippen LogP) is 3.93. The molecule has 0 aliphatic carbocycles. The minimum atomic E-state index is -0.560. The van der Waals surface area contributed by atoms with Crippen molar-refractivity contribution in [2.24, 2.45) is 11.1 Å². The van der Waals surface area contributed by atoms with Gasteiger partial charge in [0.2, 0.25) is 0 Å². The summed E-state index contributed by atoms with van der Waals surface area (Å²) in [6.45, 7) is 6.24. The maximum Gasteiger partial charge on any atom is 0.312 e. The van der Waals surface area contributed by atoms with Crippen LogP contribution in [-0.4, -0.2) is 46.1 Å². The van der Waals surface area contributed by atoms with Crippen LogP contribution in [0.2, 0.25) is 0 Å². The van der Waals surface area contributed by atoms with Gasteiger partial charge in [0.05, 0.1) is 26.9 Å². The van der Waals surface area contributed by atoms with Crippen molar-refractivity contribution in [1.29, 1.82) is 0 Å². The summed E-state index contributed by atoms with van der Waals surface area (Å²) in [5.74, 6) is 1.33. The number of ether oxygens (including phenoxy) is 4. The van der Waals surface area contributed by atoms with Crippen molar-refractivity contribution in [1.82, 2.24) is 5.32 Å². The molecule has 0 saturated carbocycles. The normalized spacial score (nSPS) is 12.2. The molecule has 0 saturated heterocycles. The van der Waals surface area contributed by atoms with E-state index in [-0.39, 0.29) is 11.5 Å². The van der Waals surface area contributed by atoms with Crippen LogP contribution in [0, 0.1) is 5.41 Å². The van der Waals surface area contributed by atoms with Crippen molar-refractivity contribution in [2.45, 2.75) is 39.3 Å². The Morgan fingerprint density at radius 2 is 1.78 bits per heavy atom. The van der Waals surface area contributed by atoms with Gasteiger partial charge in [0, 0.05) is 31.6 Å². The van der Waals surface area contributed by atoms with E-state index in [2.05, 4.69) is 19.2 Å². The third-order valence-corrected chi connectivity index (χ3v) is 5.26. The van der Waals surface area contributed by atoms with Crippen LogP contribution < -0.4 is 20.5 Å². The van der Waals surface area contributed by atoms with Gasteiger partial charge in [-0.15, -0.1) is 0 Å². The molecule has 0 aromatic heterocycles. The van der Waals surface area contributed by atoms with Gasteiger partial charge in [-0.25, -0.2) is 4.79 Å². The second-order valence-electron chi connectivity index (χ2n) is 8.41. The topological polar surface area (TPSA) is 92.0 Å². The Kier molecular flexibility index (Phi) is 10.3. The number of nitrogens with two attached hydrogens (primary N) is 1. The number of rotatable bonds is 14. The highest BCUT2D eigenvalue weighted by molar-refractivity contribution is 5.72. The van der Waals surface area contributed by atoms with Crippen molar-refractivity contribution in [3.05, 3.63) is 59.7 Å². The Hall–Kier alpha value is -2.77. The number of benzene rings is 2. The lowest BCUT2D eigenvalue weighted by atomic mass is 9.81. The first-order chi connectivity index (χ1) is 15.4. The molecule has 0 aliphatic heterocycles.